The molecule has 1 rings (SSSR count). The first-order valence-corrected chi connectivity index (χ1v) is 3.91. The van der Waals surface area contributed by atoms with E-state index in [0.717, 1.165) is 0 Å². The van der Waals surface area contributed by atoms with Crippen molar-refractivity contribution in [1.29, 1.82) is 0 Å². The van der Waals surface area contributed by atoms with E-state index in [1.54, 1.807) is 0 Å². The first-order chi connectivity index (χ1) is 5.24. The highest BCUT2D eigenvalue weighted by Crippen LogP contribution is 2.11. The Morgan fingerprint density at radius 1 is 1.36 bits per heavy atom. The summed E-state index contributed by atoms with van der Waals surface area (Å²) in [5.74, 6) is 0.260. The van der Waals surface area contributed by atoms with E-state index in [1.807, 2.05) is 6.92 Å². The number of hydrogen-bond donors (Lipinski definition) is 1. The molecule has 0 aliphatic carbocycles. The smallest absolute Gasteiger partial charge is 0.139 e. The molecule has 0 bridgehead atoms. The van der Waals surface area contributed by atoms with Gasteiger partial charge in [0.05, 0.1) is 0 Å². The molecule has 1 aromatic rings. The fourth-order valence-corrected chi connectivity index (χ4v) is 1.00. The average Bonchev–Trinajstić information content (AvgIpc) is 2.05. The van der Waals surface area contributed by atoms with Crippen LogP contribution in [0.15, 0.2) is 24.3 Å². The summed E-state index contributed by atoms with van der Waals surface area (Å²) in [7, 11) is 2.06. The van der Waals surface area contributed by atoms with Crippen LogP contribution in [0.2, 0.25) is 0 Å². The molecule has 2 heteroatoms. The monoisotopic (exact) mass is 148 g/mol. The van der Waals surface area contributed by atoms with E-state index in [-0.39, 0.29) is 12.5 Å². The van der Waals surface area contributed by atoms with Gasteiger partial charge in [-0.25, -0.2) is 0 Å². The van der Waals surface area contributed by atoms with Crippen LogP contribution < -0.4 is 5.46 Å². The third kappa shape index (κ3) is 2.09. The summed E-state index contributed by atoms with van der Waals surface area (Å²) in [6.07, 6.45) is 0. The van der Waals surface area contributed by atoms with E-state index in [1.165, 1.54) is 11.0 Å². The van der Waals surface area contributed by atoms with Crippen molar-refractivity contribution in [2.45, 2.75) is 12.8 Å². The topological polar surface area (TPSA) is 20.2 Å². The quantitative estimate of drug-likeness (QED) is 0.587. The molecule has 0 radical (unpaired) electrons. The molecule has 0 heterocycles. The Morgan fingerprint density at radius 2 is 1.91 bits per heavy atom. The molecule has 0 spiro atoms. The third-order valence-corrected chi connectivity index (χ3v) is 1.92. The van der Waals surface area contributed by atoms with E-state index in [2.05, 4.69) is 32.1 Å². The summed E-state index contributed by atoms with van der Waals surface area (Å²) in [5, 5.41) is 8.86. The van der Waals surface area contributed by atoms with Crippen LogP contribution in [0.4, 0.5) is 0 Å². The van der Waals surface area contributed by atoms with Gasteiger partial charge in [-0.15, -0.1) is 0 Å². The van der Waals surface area contributed by atoms with Gasteiger partial charge in [0, 0.05) is 12.5 Å². The first-order valence-electron chi connectivity index (χ1n) is 3.91. The van der Waals surface area contributed by atoms with Crippen molar-refractivity contribution in [2.24, 2.45) is 0 Å². The van der Waals surface area contributed by atoms with E-state index >= 15 is 0 Å². The lowest BCUT2D eigenvalue weighted by Crippen LogP contribution is -2.04. The van der Waals surface area contributed by atoms with Crippen LogP contribution >= 0.6 is 0 Å². The molecule has 1 nitrogen and oxygen atoms in total. The maximum Gasteiger partial charge on any atom is 0.139 e. The fraction of sp³-hybridized carbons (Fsp3) is 0.333. The van der Waals surface area contributed by atoms with Crippen LogP contribution in [-0.4, -0.2) is 19.6 Å². The summed E-state index contributed by atoms with van der Waals surface area (Å²) >= 11 is 0. The molecule has 1 unspecified atom stereocenters. The van der Waals surface area contributed by atoms with Crippen LogP contribution in [0.1, 0.15) is 18.4 Å². The zero-order chi connectivity index (χ0) is 8.27. The highest BCUT2D eigenvalue weighted by atomic mass is 16.3. The molecule has 0 amide bonds. The zero-order valence-electron chi connectivity index (χ0n) is 7.04. The summed E-state index contributed by atoms with van der Waals surface area (Å²) in [6.45, 7) is 2.24. The molecule has 1 N–H and O–H groups in total. The maximum absolute atomic E-state index is 8.86. The van der Waals surface area contributed by atoms with Crippen LogP contribution in [-0.2, 0) is 0 Å². The summed E-state index contributed by atoms with van der Waals surface area (Å²) in [5.41, 5.74) is 2.47. The van der Waals surface area contributed by atoms with Crippen molar-refractivity contribution < 1.29 is 5.11 Å². The highest BCUT2D eigenvalue weighted by molar-refractivity contribution is 6.32. The summed E-state index contributed by atoms with van der Waals surface area (Å²) in [6, 6.07) is 8.27. The lowest BCUT2D eigenvalue weighted by atomic mass is 9.92. The largest absolute Gasteiger partial charge is 0.396 e. The van der Waals surface area contributed by atoms with Gasteiger partial charge >= 0.3 is 0 Å². The molecule has 0 fully saturated rings. The number of benzene rings is 1. The standard InChI is InChI=1S/C9H13BO/c1-7(6-11)8-2-4-9(10)5-3-8/h2-5,7,11H,6,10H2,1H3. The van der Waals surface area contributed by atoms with E-state index in [4.69, 9.17) is 5.11 Å². The average molecular weight is 148 g/mol. The number of aliphatic hydroxyl groups excluding tert-OH is 1. The number of hydrogen-bond acceptors (Lipinski definition) is 1. The van der Waals surface area contributed by atoms with Crippen molar-refractivity contribution >= 4 is 13.3 Å². The minimum Gasteiger partial charge on any atom is -0.396 e. The van der Waals surface area contributed by atoms with Crippen molar-refractivity contribution in [3.63, 3.8) is 0 Å². The van der Waals surface area contributed by atoms with Gasteiger partial charge < -0.3 is 5.11 Å². The Kier molecular flexibility index (Phi) is 2.72. The molecule has 0 saturated heterocycles. The predicted octanol–water partition coefficient (Wildman–Crippen LogP) is 0.0408. The number of rotatable bonds is 2. The van der Waals surface area contributed by atoms with Crippen molar-refractivity contribution in [3.8, 4) is 0 Å². The van der Waals surface area contributed by atoms with Gasteiger partial charge in [0.25, 0.3) is 0 Å². The molecule has 11 heavy (non-hydrogen) atoms. The fourth-order valence-electron chi connectivity index (χ4n) is 1.00. The van der Waals surface area contributed by atoms with Crippen LogP contribution in [0, 0.1) is 0 Å². The second-order valence-corrected chi connectivity index (χ2v) is 2.99. The summed E-state index contributed by atoms with van der Waals surface area (Å²) < 4.78 is 0. The predicted molar refractivity (Wildman–Crippen MR) is 50.1 cm³/mol. The summed E-state index contributed by atoms with van der Waals surface area (Å²) in [4.78, 5) is 0. The van der Waals surface area contributed by atoms with Gasteiger partial charge in [-0.2, -0.15) is 0 Å². The molecule has 1 atom stereocenters. The van der Waals surface area contributed by atoms with Gasteiger partial charge in [-0.05, 0) is 5.56 Å². The lowest BCUT2D eigenvalue weighted by Gasteiger charge is -2.07. The highest BCUT2D eigenvalue weighted by Gasteiger charge is 2.01. The van der Waals surface area contributed by atoms with Gasteiger partial charge in [0.1, 0.15) is 7.85 Å². The van der Waals surface area contributed by atoms with Gasteiger partial charge in [0.2, 0.25) is 0 Å². The van der Waals surface area contributed by atoms with Crippen LogP contribution in [0.3, 0.4) is 0 Å². The third-order valence-electron chi connectivity index (χ3n) is 1.92. The molecular formula is C9H13BO. The Hall–Kier alpha value is -0.755. The van der Waals surface area contributed by atoms with Gasteiger partial charge in [-0.1, -0.05) is 36.7 Å². The van der Waals surface area contributed by atoms with Crippen molar-refractivity contribution in [2.75, 3.05) is 6.61 Å². The normalized spacial score (nSPS) is 12.9. The molecule has 0 aliphatic heterocycles. The van der Waals surface area contributed by atoms with E-state index in [0.29, 0.717) is 0 Å². The molecule has 0 aromatic heterocycles. The molecule has 0 saturated carbocycles. The minimum absolute atomic E-state index is 0.225. The maximum atomic E-state index is 8.86. The molecular weight excluding hydrogens is 135 g/mol. The first kappa shape index (κ1) is 8.34. The molecule has 1 aromatic carbocycles. The number of aliphatic hydroxyl groups is 1. The second kappa shape index (κ2) is 3.58. The van der Waals surface area contributed by atoms with Crippen LogP contribution in [0.25, 0.3) is 0 Å². The molecule has 58 valence electrons. The van der Waals surface area contributed by atoms with Gasteiger partial charge in [0.15, 0.2) is 0 Å². The minimum atomic E-state index is 0.225. The lowest BCUT2D eigenvalue weighted by molar-refractivity contribution is 0.273. The van der Waals surface area contributed by atoms with E-state index in [9.17, 15) is 0 Å². The van der Waals surface area contributed by atoms with E-state index < -0.39 is 0 Å². The Balaban J connectivity index is 2.81. The van der Waals surface area contributed by atoms with Crippen LogP contribution in [0.5, 0.6) is 0 Å². The molecule has 0 aliphatic rings. The second-order valence-electron chi connectivity index (χ2n) is 2.99. The SMILES string of the molecule is Bc1ccc(C(C)CO)cc1. The Bertz CT molecular complexity index is 218. The zero-order valence-corrected chi connectivity index (χ0v) is 7.04. The Morgan fingerprint density at radius 3 is 2.36 bits per heavy atom. The van der Waals surface area contributed by atoms with Crippen molar-refractivity contribution in [1.82, 2.24) is 0 Å². The van der Waals surface area contributed by atoms with Crippen molar-refractivity contribution in [3.05, 3.63) is 29.8 Å². The van der Waals surface area contributed by atoms with Gasteiger partial charge in [-0.3, -0.25) is 0 Å². The Labute approximate surface area is 68.5 Å².